The van der Waals surface area contributed by atoms with E-state index in [4.69, 9.17) is 4.18 Å². The van der Waals surface area contributed by atoms with E-state index in [0.29, 0.717) is 6.42 Å². The molecule has 0 N–H and O–H groups in total. The predicted molar refractivity (Wildman–Crippen MR) is 82.3 cm³/mol. The highest BCUT2D eigenvalue weighted by Crippen LogP contribution is 2.13. The molecule has 0 bridgehead atoms. The summed E-state index contributed by atoms with van der Waals surface area (Å²) in [4.78, 5) is 4.33. The van der Waals surface area contributed by atoms with Gasteiger partial charge in [-0.1, -0.05) is 30.3 Å². The molecule has 0 fully saturated rings. The molecule has 0 amide bonds. The van der Waals surface area contributed by atoms with Gasteiger partial charge in [0.05, 0.1) is 17.2 Å². The van der Waals surface area contributed by atoms with Crippen LogP contribution in [0, 0.1) is 6.92 Å². The summed E-state index contributed by atoms with van der Waals surface area (Å²) in [5.74, 6) is 0. The molecule has 0 saturated heterocycles. The molecule has 0 radical (unpaired) electrons. The molecule has 0 saturated carbocycles. The van der Waals surface area contributed by atoms with Crippen molar-refractivity contribution >= 4 is 16.2 Å². The summed E-state index contributed by atoms with van der Waals surface area (Å²) in [5.41, 5.74) is 2.70. The van der Waals surface area contributed by atoms with Crippen molar-refractivity contribution in [3.8, 4) is 0 Å². The molecular formula is C16H17NO3S. The number of aromatic nitrogens is 1. The van der Waals surface area contributed by atoms with Crippen molar-refractivity contribution in [3.63, 3.8) is 0 Å². The van der Waals surface area contributed by atoms with Gasteiger partial charge in [-0.3, -0.25) is 9.17 Å². The van der Waals surface area contributed by atoms with Gasteiger partial charge in [0, 0.05) is 6.20 Å². The lowest BCUT2D eigenvalue weighted by Gasteiger charge is -2.06. The van der Waals surface area contributed by atoms with Crippen molar-refractivity contribution in [2.75, 3.05) is 6.61 Å². The average molecular weight is 303 g/mol. The minimum Gasteiger partial charge on any atom is -0.266 e. The Hall–Kier alpha value is -1.98. The summed E-state index contributed by atoms with van der Waals surface area (Å²) in [6.07, 6.45) is 3.83. The zero-order valence-corrected chi connectivity index (χ0v) is 12.6. The third-order valence-electron chi connectivity index (χ3n) is 3.00. The molecule has 0 unspecified atom stereocenters. The molecule has 110 valence electrons. The predicted octanol–water partition coefficient (Wildman–Crippen LogP) is 2.98. The molecular weight excluding hydrogens is 286 g/mol. The quantitative estimate of drug-likeness (QED) is 0.770. The van der Waals surface area contributed by atoms with E-state index >= 15 is 0 Å². The second-order valence-electron chi connectivity index (χ2n) is 4.63. The Morgan fingerprint density at radius 2 is 1.90 bits per heavy atom. The van der Waals surface area contributed by atoms with Crippen LogP contribution in [0.15, 0.2) is 54.1 Å². The Morgan fingerprint density at radius 1 is 1.19 bits per heavy atom. The van der Waals surface area contributed by atoms with Crippen molar-refractivity contribution in [2.45, 2.75) is 18.2 Å². The van der Waals surface area contributed by atoms with Crippen LogP contribution in [0.3, 0.4) is 0 Å². The first-order chi connectivity index (χ1) is 10.0. The SMILES string of the molecule is C=Cc1ccc(CCOS(=O)(=O)c2ccc(C)cc2)cn1. The number of hydrogen-bond donors (Lipinski definition) is 0. The monoisotopic (exact) mass is 303 g/mol. The number of rotatable bonds is 6. The fourth-order valence-corrected chi connectivity index (χ4v) is 2.66. The maximum atomic E-state index is 12.0. The van der Waals surface area contributed by atoms with Crippen LogP contribution in [0.1, 0.15) is 16.8 Å². The van der Waals surface area contributed by atoms with E-state index < -0.39 is 10.1 Å². The van der Waals surface area contributed by atoms with Gasteiger partial charge < -0.3 is 0 Å². The Labute approximate surface area is 125 Å². The van der Waals surface area contributed by atoms with Crippen LogP contribution >= 0.6 is 0 Å². The minimum absolute atomic E-state index is 0.0886. The second kappa shape index (κ2) is 6.65. The summed E-state index contributed by atoms with van der Waals surface area (Å²) in [6.45, 7) is 5.62. The van der Waals surface area contributed by atoms with Crippen LogP contribution in [0.2, 0.25) is 0 Å². The van der Waals surface area contributed by atoms with Crippen LogP contribution in [0.25, 0.3) is 6.08 Å². The number of benzene rings is 1. The van der Waals surface area contributed by atoms with Crippen LogP contribution in [-0.4, -0.2) is 20.0 Å². The molecule has 1 aromatic carbocycles. The molecule has 21 heavy (non-hydrogen) atoms. The van der Waals surface area contributed by atoms with Gasteiger partial charge in [-0.05, 0) is 43.2 Å². The van der Waals surface area contributed by atoms with Crippen molar-refractivity contribution in [2.24, 2.45) is 0 Å². The highest BCUT2D eigenvalue weighted by atomic mass is 32.2. The van der Waals surface area contributed by atoms with Gasteiger partial charge in [0.25, 0.3) is 10.1 Å². The zero-order chi connectivity index (χ0) is 15.3. The lowest BCUT2D eigenvalue weighted by atomic mass is 10.2. The van der Waals surface area contributed by atoms with Crippen LogP contribution in [-0.2, 0) is 20.7 Å². The molecule has 1 heterocycles. The third kappa shape index (κ3) is 4.24. The Balaban J connectivity index is 1.95. The summed E-state index contributed by atoms with van der Waals surface area (Å²) in [6, 6.07) is 10.3. The van der Waals surface area contributed by atoms with Gasteiger partial charge in [-0.25, -0.2) is 0 Å². The number of aryl methyl sites for hydroxylation is 1. The molecule has 0 atom stereocenters. The molecule has 1 aromatic heterocycles. The van der Waals surface area contributed by atoms with Gasteiger partial charge in [0.2, 0.25) is 0 Å². The molecule has 2 aromatic rings. The third-order valence-corrected chi connectivity index (χ3v) is 4.32. The topological polar surface area (TPSA) is 56.3 Å². The average Bonchev–Trinajstić information content (AvgIpc) is 2.48. The first-order valence-electron chi connectivity index (χ1n) is 6.55. The smallest absolute Gasteiger partial charge is 0.266 e. The van der Waals surface area contributed by atoms with E-state index in [0.717, 1.165) is 16.8 Å². The standard InChI is InChI=1S/C16H17NO3S/c1-3-15-7-6-14(12-17-15)10-11-20-21(18,19)16-8-4-13(2)5-9-16/h3-9,12H,1,10-11H2,2H3. The Bertz CT molecular complexity index is 704. The molecule has 0 spiro atoms. The molecule has 0 aliphatic carbocycles. The first-order valence-corrected chi connectivity index (χ1v) is 7.95. The molecule has 0 aliphatic heterocycles. The van der Waals surface area contributed by atoms with E-state index in [2.05, 4.69) is 11.6 Å². The lowest BCUT2D eigenvalue weighted by Crippen LogP contribution is -2.09. The lowest BCUT2D eigenvalue weighted by molar-refractivity contribution is 0.322. The van der Waals surface area contributed by atoms with Gasteiger partial charge >= 0.3 is 0 Å². The van der Waals surface area contributed by atoms with Crippen LogP contribution in [0.4, 0.5) is 0 Å². The minimum atomic E-state index is -3.70. The zero-order valence-electron chi connectivity index (χ0n) is 11.8. The van der Waals surface area contributed by atoms with Gasteiger partial charge in [0.1, 0.15) is 0 Å². The number of hydrogen-bond acceptors (Lipinski definition) is 4. The van der Waals surface area contributed by atoms with Crippen molar-refractivity contribution in [1.29, 1.82) is 0 Å². The molecule has 0 aliphatic rings. The molecule has 5 heteroatoms. The van der Waals surface area contributed by atoms with Gasteiger partial charge in [-0.2, -0.15) is 8.42 Å². The maximum Gasteiger partial charge on any atom is 0.296 e. The highest BCUT2D eigenvalue weighted by Gasteiger charge is 2.14. The largest absolute Gasteiger partial charge is 0.296 e. The van der Waals surface area contributed by atoms with E-state index in [1.54, 1.807) is 36.5 Å². The van der Waals surface area contributed by atoms with Gasteiger partial charge in [-0.15, -0.1) is 0 Å². The van der Waals surface area contributed by atoms with Crippen LogP contribution < -0.4 is 0 Å². The van der Waals surface area contributed by atoms with E-state index in [1.165, 1.54) is 0 Å². The summed E-state index contributed by atoms with van der Waals surface area (Å²) < 4.78 is 29.0. The Morgan fingerprint density at radius 3 is 2.48 bits per heavy atom. The van der Waals surface area contributed by atoms with E-state index in [9.17, 15) is 8.42 Å². The first kappa shape index (κ1) is 15.4. The van der Waals surface area contributed by atoms with Crippen molar-refractivity contribution in [1.82, 2.24) is 4.98 Å². The second-order valence-corrected chi connectivity index (χ2v) is 6.25. The fraction of sp³-hybridized carbons (Fsp3) is 0.188. The van der Waals surface area contributed by atoms with E-state index in [-0.39, 0.29) is 11.5 Å². The van der Waals surface area contributed by atoms with Crippen LogP contribution in [0.5, 0.6) is 0 Å². The number of nitrogens with zero attached hydrogens (tertiary/aromatic N) is 1. The normalized spacial score (nSPS) is 11.3. The summed E-state index contributed by atoms with van der Waals surface area (Å²) in [5, 5.41) is 0. The summed E-state index contributed by atoms with van der Waals surface area (Å²) >= 11 is 0. The number of pyridine rings is 1. The van der Waals surface area contributed by atoms with Gasteiger partial charge in [0.15, 0.2) is 0 Å². The summed E-state index contributed by atoms with van der Waals surface area (Å²) in [7, 11) is -3.70. The van der Waals surface area contributed by atoms with Crippen molar-refractivity contribution < 1.29 is 12.6 Å². The van der Waals surface area contributed by atoms with Crippen molar-refractivity contribution in [3.05, 3.63) is 66.0 Å². The Kier molecular flexibility index (Phi) is 4.88. The maximum absolute atomic E-state index is 12.0. The molecule has 4 nitrogen and oxygen atoms in total. The highest BCUT2D eigenvalue weighted by molar-refractivity contribution is 7.86. The fourth-order valence-electron chi connectivity index (χ4n) is 1.75. The van der Waals surface area contributed by atoms with E-state index in [1.807, 2.05) is 19.1 Å². The molecule has 2 rings (SSSR count).